The number of aromatic hydroxyl groups is 2. The minimum Gasteiger partial charge on any atom is -0.504 e. The first-order valence-electron chi connectivity index (χ1n) is 10.2. The predicted octanol–water partition coefficient (Wildman–Crippen LogP) is -0.218. The first-order valence-corrected chi connectivity index (χ1v) is 10.2. The van der Waals surface area contributed by atoms with Crippen LogP contribution in [0.4, 0.5) is 0 Å². The Kier molecular flexibility index (Phi) is 7.87. The van der Waals surface area contributed by atoms with Crippen molar-refractivity contribution in [3.8, 4) is 11.5 Å². The van der Waals surface area contributed by atoms with Crippen LogP contribution in [0.3, 0.4) is 0 Å². The maximum Gasteiger partial charge on any atom is 0.330 e. The smallest absolute Gasteiger partial charge is 0.330 e. The third kappa shape index (κ3) is 5.94. The lowest BCUT2D eigenvalue weighted by Crippen LogP contribution is -2.60. The van der Waals surface area contributed by atoms with Crippen molar-refractivity contribution in [3.63, 3.8) is 0 Å². The molecule has 0 aromatic heterocycles. The summed E-state index contributed by atoms with van der Waals surface area (Å²) in [6.45, 7) is -0.415. The van der Waals surface area contributed by atoms with E-state index in [1.165, 1.54) is 24.3 Å². The van der Waals surface area contributed by atoms with Crippen LogP contribution in [0, 0.1) is 0 Å². The molecule has 1 aromatic carbocycles. The average molecular weight is 440 g/mol. The molecular weight excluding hydrogens is 412 g/mol. The summed E-state index contributed by atoms with van der Waals surface area (Å²) >= 11 is 0. The monoisotopic (exact) mass is 440 g/mol. The second-order valence-corrected chi connectivity index (χ2v) is 7.75. The summed E-state index contributed by atoms with van der Waals surface area (Å²) in [6.07, 6.45) is -3.07. The third-order valence-electron chi connectivity index (χ3n) is 5.45. The van der Waals surface area contributed by atoms with Crippen molar-refractivity contribution in [2.45, 2.75) is 68.6 Å². The number of esters is 1. The Hall–Kier alpha value is -2.21. The summed E-state index contributed by atoms with van der Waals surface area (Å²) in [5.74, 6) is -1.40. The summed E-state index contributed by atoms with van der Waals surface area (Å²) in [5, 5.41) is 59.3. The molecule has 1 saturated heterocycles. The van der Waals surface area contributed by atoms with Crippen LogP contribution in [0.25, 0.3) is 6.08 Å². The first-order chi connectivity index (χ1) is 14.8. The lowest BCUT2D eigenvalue weighted by Gasteiger charge is -2.42. The first kappa shape index (κ1) is 23.5. The number of hydrogen-bond acceptors (Lipinski definition) is 10. The standard InChI is InChI=1S/C21H28O10/c22-12-7-5-11(9-14(12)24)6-8-17(25)29-10-16-18(26)19(27)20(28)21(31-16)30-15-4-2-1-3-13(15)23/h5-9,13,15-16,18-24,26-28H,1-4,10H2/t13-,15+,16+,18-,19+,20-,21-/m1/s1. The van der Waals surface area contributed by atoms with E-state index in [9.17, 15) is 35.4 Å². The van der Waals surface area contributed by atoms with Crippen LogP contribution in [-0.4, -0.2) is 86.1 Å². The molecular formula is C21H28O10. The van der Waals surface area contributed by atoms with Crippen LogP contribution in [0.1, 0.15) is 31.2 Å². The molecule has 10 heteroatoms. The van der Waals surface area contributed by atoms with Crippen LogP contribution in [-0.2, 0) is 19.0 Å². The molecule has 1 aliphatic carbocycles. The largest absolute Gasteiger partial charge is 0.504 e. The van der Waals surface area contributed by atoms with Gasteiger partial charge in [-0.15, -0.1) is 0 Å². The van der Waals surface area contributed by atoms with E-state index < -0.39 is 55.5 Å². The van der Waals surface area contributed by atoms with Gasteiger partial charge in [-0.1, -0.05) is 18.9 Å². The molecule has 3 rings (SSSR count). The van der Waals surface area contributed by atoms with Gasteiger partial charge < -0.3 is 44.8 Å². The maximum atomic E-state index is 12.0. The fraction of sp³-hybridized carbons (Fsp3) is 0.571. The van der Waals surface area contributed by atoms with Crippen LogP contribution in [0.5, 0.6) is 11.5 Å². The molecule has 1 aromatic rings. The highest BCUT2D eigenvalue weighted by molar-refractivity contribution is 5.87. The van der Waals surface area contributed by atoms with E-state index in [1.54, 1.807) is 0 Å². The average Bonchev–Trinajstić information content (AvgIpc) is 2.75. The van der Waals surface area contributed by atoms with Gasteiger partial charge in [0.15, 0.2) is 17.8 Å². The molecule has 6 N–H and O–H groups in total. The number of phenols is 2. The maximum absolute atomic E-state index is 12.0. The van der Waals surface area contributed by atoms with Gasteiger partial charge in [-0.3, -0.25) is 0 Å². The van der Waals surface area contributed by atoms with Crippen molar-refractivity contribution in [2.24, 2.45) is 0 Å². The molecule has 0 unspecified atom stereocenters. The van der Waals surface area contributed by atoms with Gasteiger partial charge in [-0.05, 0) is 36.6 Å². The number of aliphatic hydroxyl groups excluding tert-OH is 4. The molecule has 0 spiro atoms. The van der Waals surface area contributed by atoms with E-state index in [-0.39, 0.29) is 11.5 Å². The van der Waals surface area contributed by atoms with Gasteiger partial charge in [0.05, 0.1) is 12.2 Å². The lowest BCUT2D eigenvalue weighted by molar-refractivity contribution is -0.319. The Bertz CT molecular complexity index is 781. The normalized spacial score (nSPS) is 34.0. The molecule has 31 heavy (non-hydrogen) atoms. The minimum absolute atomic E-state index is 0.290. The van der Waals surface area contributed by atoms with E-state index in [0.29, 0.717) is 18.4 Å². The zero-order valence-electron chi connectivity index (χ0n) is 16.8. The van der Waals surface area contributed by atoms with Crippen LogP contribution < -0.4 is 0 Å². The Morgan fingerprint density at radius 3 is 2.48 bits per heavy atom. The van der Waals surface area contributed by atoms with Crippen molar-refractivity contribution < 1.29 is 49.6 Å². The summed E-state index contributed by atoms with van der Waals surface area (Å²) in [7, 11) is 0. The van der Waals surface area contributed by atoms with Gasteiger partial charge in [0.2, 0.25) is 0 Å². The molecule has 7 atom stereocenters. The van der Waals surface area contributed by atoms with Crippen molar-refractivity contribution in [2.75, 3.05) is 6.61 Å². The van der Waals surface area contributed by atoms with Gasteiger partial charge in [-0.25, -0.2) is 4.79 Å². The number of hydrogen-bond donors (Lipinski definition) is 6. The molecule has 1 heterocycles. The summed E-state index contributed by atoms with van der Waals surface area (Å²) in [6, 6.07) is 4.00. The second-order valence-electron chi connectivity index (χ2n) is 7.75. The molecule has 172 valence electrons. The van der Waals surface area contributed by atoms with Crippen molar-refractivity contribution in [1.82, 2.24) is 0 Å². The molecule has 1 aliphatic heterocycles. The summed E-state index contributed by atoms with van der Waals surface area (Å²) < 4.78 is 16.2. The van der Waals surface area contributed by atoms with Gasteiger partial charge >= 0.3 is 5.97 Å². The number of rotatable bonds is 6. The van der Waals surface area contributed by atoms with Gasteiger partial charge in [0, 0.05) is 6.08 Å². The third-order valence-corrected chi connectivity index (χ3v) is 5.45. The molecule has 2 fully saturated rings. The van der Waals surface area contributed by atoms with Crippen LogP contribution in [0.15, 0.2) is 24.3 Å². The molecule has 0 bridgehead atoms. The van der Waals surface area contributed by atoms with E-state index in [4.69, 9.17) is 14.2 Å². The fourth-order valence-corrected chi connectivity index (χ4v) is 3.60. The van der Waals surface area contributed by atoms with E-state index >= 15 is 0 Å². The number of aliphatic hydroxyl groups is 4. The number of phenolic OH excluding ortho intramolecular Hbond substituents is 2. The number of benzene rings is 1. The van der Waals surface area contributed by atoms with Gasteiger partial charge in [0.25, 0.3) is 0 Å². The SMILES string of the molecule is O=C(C=Cc1ccc(O)c(O)c1)OC[C@@H]1O[C@@H](O[C@H]2CCCC[C@H]2O)[C@H](O)[C@@H](O)[C@@H]1O. The van der Waals surface area contributed by atoms with Crippen molar-refractivity contribution in [3.05, 3.63) is 29.8 Å². The fourth-order valence-electron chi connectivity index (χ4n) is 3.60. The molecule has 1 saturated carbocycles. The molecule has 0 amide bonds. The second kappa shape index (κ2) is 10.4. The van der Waals surface area contributed by atoms with Crippen LogP contribution in [0.2, 0.25) is 0 Å². The topological polar surface area (TPSA) is 166 Å². The van der Waals surface area contributed by atoms with Gasteiger partial charge in [0.1, 0.15) is 31.0 Å². The Balaban J connectivity index is 1.55. The zero-order chi connectivity index (χ0) is 22.5. The zero-order valence-corrected chi connectivity index (χ0v) is 16.8. The lowest BCUT2D eigenvalue weighted by atomic mass is 9.94. The quantitative estimate of drug-likeness (QED) is 0.198. The number of carbonyl (C=O) groups is 1. The van der Waals surface area contributed by atoms with E-state index in [2.05, 4.69) is 0 Å². The predicted molar refractivity (Wildman–Crippen MR) is 106 cm³/mol. The summed E-state index contributed by atoms with van der Waals surface area (Å²) in [5.41, 5.74) is 0.444. The molecule has 0 radical (unpaired) electrons. The number of carbonyl (C=O) groups excluding carboxylic acids is 1. The van der Waals surface area contributed by atoms with Crippen molar-refractivity contribution >= 4 is 12.0 Å². The van der Waals surface area contributed by atoms with E-state index in [0.717, 1.165) is 18.9 Å². The van der Waals surface area contributed by atoms with Crippen molar-refractivity contribution in [1.29, 1.82) is 0 Å². The highest BCUT2D eigenvalue weighted by atomic mass is 16.7. The minimum atomic E-state index is -1.58. The Labute approximate surface area is 178 Å². The highest BCUT2D eigenvalue weighted by Crippen LogP contribution is 2.28. The van der Waals surface area contributed by atoms with E-state index in [1.807, 2.05) is 0 Å². The van der Waals surface area contributed by atoms with Crippen LogP contribution >= 0.6 is 0 Å². The molecule has 10 nitrogen and oxygen atoms in total. The summed E-state index contributed by atoms with van der Waals surface area (Å²) in [4.78, 5) is 12.0. The highest BCUT2D eigenvalue weighted by Gasteiger charge is 2.46. The Morgan fingerprint density at radius 2 is 1.77 bits per heavy atom. The number of ether oxygens (including phenoxy) is 3. The van der Waals surface area contributed by atoms with Gasteiger partial charge in [-0.2, -0.15) is 0 Å². The molecule has 2 aliphatic rings. The Morgan fingerprint density at radius 1 is 1.03 bits per heavy atom.